The highest BCUT2D eigenvalue weighted by atomic mass is 127. The molecule has 6 rings (SSSR count). The third-order valence-corrected chi connectivity index (χ3v) is 17.7. The summed E-state index contributed by atoms with van der Waals surface area (Å²) in [6.45, 7) is 10.2. The van der Waals surface area contributed by atoms with Gasteiger partial charge >= 0.3 is 5.97 Å². The second-order valence-electron chi connectivity index (χ2n) is 24.7. The van der Waals surface area contributed by atoms with Gasteiger partial charge in [0, 0.05) is 125 Å². The molecule has 3 atom stereocenters. The molecule has 5 N–H and O–H groups in total. The number of ether oxygens (including phenoxy) is 3. The minimum atomic E-state index is -1.67. The number of aliphatic carboxylic acids is 1. The molecule has 3 aliphatic heterocycles. The average molecular weight is 1440 g/mol. The first-order chi connectivity index (χ1) is 45.8. The van der Waals surface area contributed by atoms with Gasteiger partial charge in [0.15, 0.2) is 0 Å². The molecule has 3 fully saturated rings. The van der Waals surface area contributed by atoms with Crippen molar-refractivity contribution in [3.63, 3.8) is 0 Å². The number of aryl methyl sites for hydroxylation is 1. The number of carbonyl (C=O) groups excluding carboxylic acids is 8. The predicted molar refractivity (Wildman–Crippen MR) is 361 cm³/mol. The minimum absolute atomic E-state index is 0.00113. The van der Waals surface area contributed by atoms with E-state index in [0.29, 0.717) is 172 Å². The first-order valence-corrected chi connectivity index (χ1v) is 34.1. The number of pyridine rings is 1. The van der Waals surface area contributed by atoms with Gasteiger partial charge in [0.1, 0.15) is 37.0 Å². The lowest BCUT2D eigenvalue weighted by atomic mass is 10.1. The summed E-state index contributed by atoms with van der Waals surface area (Å²) in [5.74, 6) is -2.18. The van der Waals surface area contributed by atoms with E-state index in [1.807, 2.05) is 38.7 Å². The molecule has 520 valence electrons. The predicted octanol–water partition coefficient (Wildman–Crippen LogP) is 4.06. The Morgan fingerprint density at radius 2 is 1.42 bits per heavy atom. The maximum Gasteiger partial charge on any atom is 0.317 e. The number of nitriles is 1. The Kier molecular flexibility index (Phi) is 33.5. The van der Waals surface area contributed by atoms with E-state index < -0.39 is 41.4 Å². The van der Waals surface area contributed by atoms with Gasteiger partial charge in [0.2, 0.25) is 29.5 Å². The maximum absolute atomic E-state index is 14.6. The van der Waals surface area contributed by atoms with Crippen LogP contribution in [0.25, 0.3) is 10.9 Å². The van der Waals surface area contributed by atoms with Crippen molar-refractivity contribution in [1.82, 2.24) is 60.6 Å². The van der Waals surface area contributed by atoms with Crippen molar-refractivity contribution in [3.05, 3.63) is 81.2 Å². The number of nitrogens with one attached hydrogen (secondary N) is 4. The molecule has 2 aromatic carbocycles. The zero-order valence-corrected chi connectivity index (χ0v) is 57.1. The average Bonchev–Trinajstić information content (AvgIpc) is 1.72. The molecule has 28 heteroatoms. The molecule has 3 aromatic rings. The number of aromatic nitrogens is 1. The van der Waals surface area contributed by atoms with Gasteiger partial charge in [-0.15, -0.1) is 0 Å². The third-order valence-electron chi connectivity index (χ3n) is 17.0. The zero-order valence-electron chi connectivity index (χ0n) is 55.0. The lowest BCUT2D eigenvalue weighted by Crippen LogP contribution is -2.52. The number of alkyl halides is 1. The number of fused-ring (bicyclic) bond motifs is 1. The van der Waals surface area contributed by atoms with E-state index in [4.69, 9.17) is 14.2 Å². The van der Waals surface area contributed by atoms with Crippen molar-refractivity contribution in [1.29, 1.82) is 5.26 Å². The normalized spacial score (nSPS) is 18.5. The fourth-order valence-corrected chi connectivity index (χ4v) is 12.0. The maximum atomic E-state index is 14.6. The smallest absolute Gasteiger partial charge is 0.317 e. The largest absolute Gasteiger partial charge is 0.494 e. The minimum Gasteiger partial charge on any atom is -0.494 e. The van der Waals surface area contributed by atoms with Crippen LogP contribution in [0.2, 0.25) is 0 Å². The molecule has 1 aromatic heterocycles. The van der Waals surface area contributed by atoms with Gasteiger partial charge in [0.25, 0.3) is 18.9 Å². The molecule has 3 aliphatic rings. The van der Waals surface area contributed by atoms with Gasteiger partial charge in [-0.3, -0.25) is 72.6 Å². The molecule has 3 saturated heterocycles. The van der Waals surface area contributed by atoms with Crippen LogP contribution in [-0.2, 0) is 54.3 Å². The first kappa shape index (κ1) is 76.6. The van der Waals surface area contributed by atoms with Crippen LogP contribution < -0.4 is 26.0 Å². The lowest BCUT2D eigenvalue weighted by Gasteiger charge is -2.34. The quantitative estimate of drug-likeness (QED) is 0.0309. The first-order valence-electron chi connectivity index (χ1n) is 33.0. The number of carboxylic acid groups (broad SMARTS) is 1. The van der Waals surface area contributed by atoms with Crippen LogP contribution in [-0.4, -0.2) is 254 Å². The second-order valence-corrected chi connectivity index (χ2v) is 25.9. The molecule has 6 amide bonds. The van der Waals surface area contributed by atoms with Crippen LogP contribution >= 0.6 is 22.6 Å². The monoisotopic (exact) mass is 1440 g/mol. The standard InChI is InChI=1S/C67H95FIN13O13/c1-51(74-60(85)15-11-13-52-17-19-53(69)20-18-52)12-5-3-6-14-59(75-61(86)44-77-27-28-78(45-64(89)90)30-32-80(48-94-50-84)34-33-79(31-29-77)47-93-49-83)66(92)72-24-8-4-7-16-62(87)81-37-35-76(36-38-81)26-9-10-39-95-55-21-22-58-57(40-55)56(23-25-71-58)65(91)73-43-63(88)82-46-67(2,68)41-54(82)42-70/h12,17-23,25,40,49-50,54,59H,3-11,13-16,24,26-39,41,43-48H2,1-2H3,(H,72,92)(H,73,91)(H,74,85)(H,75,86)(H,89,90)/b51-12+/t54-,59?,67?/m1/s1. The van der Waals surface area contributed by atoms with E-state index in [2.05, 4.69) is 78.0 Å². The van der Waals surface area contributed by atoms with E-state index in [9.17, 15) is 57.9 Å². The van der Waals surface area contributed by atoms with Gasteiger partial charge in [-0.1, -0.05) is 31.1 Å². The number of halogens is 2. The number of benzene rings is 2. The molecule has 0 saturated carbocycles. The van der Waals surface area contributed by atoms with Gasteiger partial charge < -0.3 is 50.4 Å². The van der Waals surface area contributed by atoms with Gasteiger partial charge in [-0.2, -0.15) is 5.26 Å². The van der Waals surface area contributed by atoms with Crippen molar-refractivity contribution >= 4 is 87.9 Å². The molecule has 0 radical (unpaired) electrons. The molecule has 2 unspecified atom stereocenters. The highest BCUT2D eigenvalue weighted by Crippen LogP contribution is 2.30. The molecule has 0 spiro atoms. The van der Waals surface area contributed by atoms with E-state index >= 15 is 0 Å². The van der Waals surface area contributed by atoms with Crippen LogP contribution in [0.3, 0.4) is 0 Å². The molecule has 95 heavy (non-hydrogen) atoms. The molecule has 26 nitrogen and oxygen atoms in total. The van der Waals surface area contributed by atoms with Gasteiger partial charge in [0.05, 0.1) is 49.9 Å². The number of piperazine rings is 1. The highest BCUT2D eigenvalue weighted by Gasteiger charge is 2.43. The molecule has 0 aliphatic carbocycles. The number of allylic oxidation sites excluding steroid dienone is 2. The Morgan fingerprint density at radius 1 is 0.758 bits per heavy atom. The summed E-state index contributed by atoms with van der Waals surface area (Å²) in [5.41, 5.74) is 1.13. The SMILES string of the molecule is C/C(=C\CCCCC(NC(=O)CN1CCN(COC=O)CCN(COC=O)CCN(CC(=O)O)CC1)C(=O)NCCCCCC(=O)N1CCN(CCCCOc2ccc3nccc(C(=O)NCC(=O)N4CC(C)(F)C[C@@H]4C#N)c3c2)CC1)NC(=O)CCCc1ccc(I)cc1. The molecule has 0 bridgehead atoms. The number of hydrogen-bond donors (Lipinski definition) is 5. The topological polar surface area (TPSA) is 309 Å². The Balaban J connectivity index is 0.918. The number of carboxylic acids is 1. The third kappa shape index (κ3) is 28.4. The van der Waals surface area contributed by atoms with Gasteiger partial charge in [-0.05, 0) is 143 Å². The number of likely N-dealkylation sites (tertiary alicyclic amines) is 1. The van der Waals surface area contributed by atoms with Crippen LogP contribution in [0, 0.1) is 14.9 Å². The Bertz CT molecular complexity index is 3060. The van der Waals surface area contributed by atoms with E-state index in [0.717, 1.165) is 54.6 Å². The highest BCUT2D eigenvalue weighted by molar-refractivity contribution is 14.1. The number of hydrogen-bond acceptors (Lipinski definition) is 19. The summed E-state index contributed by atoms with van der Waals surface area (Å²) in [6, 6.07) is 15.3. The fraction of sp³-hybridized carbons (Fsp3) is 0.597. The second kappa shape index (κ2) is 41.5. The lowest BCUT2D eigenvalue weighted by molar-refractivity contribution is -0.139. The zero-order chi connectivity index (χ0) is 68.4. The Morgan fingerprint density at radius 3 is 2.08 bits per heavy atom. The van der Waals surface area contributed by atoms with E-state index in [-0.39, 0.29) is 63.8 Å². The van der Waals surface area contributed by atoms with Crippen molar-refractivity contribution in [2.75, 3.05) is 138 Å². The van der Waals surface area contributed by atoms with Crippen molar-refractivity contribution in [2.24, 2.45) is 0 Å². The number of nitrogens with zero attached hydrogens (tertiary/aromatic N) is 9. The number of unbranched alkanes of at least 4 members (excludes halogenated alkanes) is 5. The number of carbonyl (C=O) groups is 9. The number of rotatable bonds is 37. The summed E-state index contributed by atoms with van der Waals surface area (Å²) in [4.78, 5) is 131. The summed E-state index contributed by atoms with van der Waals surface area (Å²) in [5, 5.41) is 31.3. The van der Waals surface area contributed by atoms with Crippen LogP contribution in [0.1, 0.15) is 113 Å². The van der Waals surface area contributed by atoms with E-state index in [1.165, 1.54) is 23.6 Å². The van der Waals surface area contributed by atoms with E-state index in [1.54, 1.807) is 29.2 Å². The summed E-state index contributed by atoms with van der Waals surface area (Å²) >= 11 is 2.27. The molecular weight excluding hydrogens is 1340 g/mol. The van der Waals surface area contributed by atoms with Crippen LogP contribution in [0.5, 0.6) is 5.75 Å². The summed E-state index contributed by atoms with van der Waals surface area (Å²) < 4.78 is 31.9. The Labute approximate surface area is 570 Å². The number of amides is 6. The fourth-order valence-electron chi connectivity index (χ4n) is 11.7. The van der Waals surface area contributed by atoms with Crippen molar-refractivity contribution in [3.8, 4) is 11.8 Å². The summed E-state index contributed by atoms with van der Waals surface area (Å²) in [7, 11) is 0. The van der Waals surface area contributed by atoms with Crippen molar-refractivity contribution in [2.45, 2.75) is 121 Å². The van der Waals surface area contributed by atoms with Crippen LogP contribution in [0.15, 0.2) is 66.5 Å². The van der Waals surface area contributed by atoms with Crippen LogP contribution in [0.4, 0.5) is 4.39 Å². The van der Waals surface area contributed by atoms with Crippen molar-refractivity contribution < 1.29 is 66.9 Å². The molecule has 4 heterocycles. The summed E-state index contributed by atoms with van der Waals surface area (Å²) in [6.07, 6.45) is 11.6. The Hall–Kier alpha value is -7.43. The molecular formula is C67H95FIN13O13. The van der Waals surface area contributed by atoms with Gasteiger partial charge in [-0.25, -0.2) is 4.39 Å².